The highest BCUT2D eigenvalue weighted by molar-refractivity contribution is 6.51. The van der Waals surface area contributed by atoms with Gasteiger partial charge in [0.25, 0.3) is 11.7 Å². The van der Waals surface area contributed by atoms with Gasteiger partial charge in [-0.2, -0.15) is 0 Å². The van der Waals surface area contributed by atoms with Crippen LogP contribution in [0.1, 0.15) is 36.6 Å². The van der Waals surface area contributed by atoms with E-state index >= 15 is 0 Å². The van der Waals surface area contributed by atoms with Gasteiger partial charge in [0, 0.05) is 30.0 Å². The van der Waals surface area contributed by atoms with Crippen LogP contribution in [-0.4, -0.2) is 37.0 Å². The van der Waals surface area contributed by atoms with Crippen molar-refractivity contribution in [2.75, 3.05) is 30.0 Å². The summed E-state index contributed by atoms with van der Waals surface area (Å²) in [6.45, 7) is 7.87. The minimum atomic E-state index is -0.760. The molecule has 6 heteroatoms. The number of Topliss-reactive ketones (excluding diaryl/α,β-unsaturated/α-hetero) is 1. The Hall–Kier alpha value is -4.06. The number of ketones is 1. The Morgan fingerprint density at radius 1 is 0.971 bits per heavy atom. The molecule has 1 atom stereocenters. The Morgan fingerprint density at radius 2 is 1.63 bits per heavy atom. The van der Waals surface area contributed by atoms with Crippen LogP contribution in [0.3, 0.4) is 0 Å². The molecule has 6 nitrogen and oxygen atoms in total. The summed E-state index contributed by atoms with van der Waals surface area (Å²) in [6, 6.07) is 21.3. The molecule has 4 rings (SSSR count). The third-order valence-electron chi connectivity index (χ3n) is 6.43. The quantitative estimate of drug-likeness (QED) is 0.281. The SMILES string of the molecule is CCN(CC)c1ccc(C2/C(=C(\O)c3ccc(OC)cc3)C(=O)C(=O)N2c2cccc(C)c2)cc1. The number of amides is 1. The van der Waals surface area contributed by atoms with E-state index in [1.165, 1.54) is 4.90 Å². The molecule has 1 N–H and O–H groups in total. The van der Waals surface area contributed by atoms with Crippen LogP contribution in [0, 0.1) is 6.92 Å². The van der Waals surface area contributed by atoms with Crippen LogP contribution in [0.2, 0.25) is 0 Å². The van der Waals surface area contributed by atoms with Crippen LogP contribution in [0.25, 0.3) is 5.76 Å². The molecule has 0 aromatic heterocycles. The number of nitrogens with zero attached hydrogens (tertiary/aromatic N) is 2. The Bertz CT molecular complexity index is 1260. The monoisotopic (exact) mass is 470 g/mol. The van der Waals surface area contributed by atoms with Crippen LogP contribution in [-0.2, 0) is 9.59 Å². The van der Waals surface area contributed by atoms with Gasteiger partial charge in [0.05, 0.1) is 18.7 Å². The summed E-state index contributed by atoms with van der Waals surface area (Å²) in [5, 5.41) is 11.3. The molecule has 0 bridgehead atoms. The first-order valence-electron chi connectivity index (χ1n) is 11.8. The molecule has 35 heavy (non-hydrogen) atoms. The number of hydrogen-bond acceptors (Lipinski definition) is 5. The van der Waals surface area contributed by atoms with Gasteiger partial charge in [0.2, 0.25) is 0 Å². The summed E-state index contributed by atoms with van der Waals surface area (Å²) >= 11 is 0. The Balaban J connectivity index is 1.88. The smallest absolute Gasteiger partial charge is 0.300 e. The predicted molar refractivity (Wildman–Crippen MR) is 139 cm³/mol. The number of methoxy groups -OCH3 is 1. The second kappa shape index (κ2) is 10.1. The minimum absolute atomic E-state index is 0.0669. The molecule has 0 radical (unpaired) electrons. The number of carbonyl (C=O) groups excluding carboxylic acids is 2. The highest BCUT2D eigenvalue weighted by Crippen LogP contribution is 2.42. The van der Waals surface area contributed by atoms with Gasteiger partial charge in [-0.05, 0) is 80.4 Å². The Kier molecular flexibility index (Phi) is 6.92. The Labute approximate surface area is 206 Å². The number of carbonyl (C=O) groups is 2. The normalized spacial score (nSPS) is 17.0. The van der Waals surface area contributed by atoms with Crippen LogP contribution < -0.4 is 14.5 Å². The largest absolute Gasteiger partial charge is 0.507 e. The van der Waals surface area contributed by atoms with Gasteiger partial charge in [0.15, 0.2) is 0 Å². The van der Waals surface area contributed by atoms with E-state index in [0.717, 1.165) is 29.9 Å². The molecular formula is C29H30N2O4. The van der Waals surface area contributed by atoms with Gasteiger partial charge in [-0.25, -0.2) is 0 Å². The number of rotatable bonds is 7. The molecule has 1 amide bonds. The van der Waals surface area contributed by atoms with Crippen molar-refractivity contribution in [1.29, 1.82) is 0 Å². The van der Waals surface area contributed by atoms with Crippen molar-refractivity contribution in [1.82, 2.24) is 0 Å². The van der Waals surface area contributed by atoms with Crippen molar-refractivity contribution in [3.05, 3.63) is 95.1 Å². The van der Waals surface area contributed by atoms with Crippen molar-refractivity contribution < 1.29 is 19.4 Å². The maximum absolute atomic E-state index is 13.3. The van der Waals surface area contributed by atoms with E-state index in [2.05, 4.69) is 18.7 Å². The maximum Gasteiger partial charge on any atom is 0.300 e. The first-order valence-corrected chi connectivity index (χ1v) is 11.8. The lowest BCUT2D eigenvalue weighted by Crippen LogP contribution is -2.29. The highest BCUT2D eigenvalue weighted by atomic mass is 16.5. The number of aryl methyl sites for hydroxylation is 1. The number of aliphatic hydroxyl groups excluding tert-OH is 1. The molecule has 0 saturated carbocycles. The van der Waals surface area contributed by atoms with Gasteiger partial charge in [-0.3, -0.25) is 14.5 Å². The van der Waals surface area contributed by atoms with Gasteiger partial charge < -0.3 is 14.7 Å². The lowest BCUT2D eigenvalue weighted by Gasteiger charge is -2.27. The number of benzene rings is 3. The van der Waals surface area contributed by atoms with E-state index in [9.17, 15) is 14.7 Å². The fraction of sp³-hybridized carbons (Fsp3) is 0.241. The second-order valence-corrected chi connectivity index (χ2v) is 8.50. The van der Waals surface area contributed by atoms with Gasteiger partial charge in [-0.1, -0.05) is 24.3 Å². The van der Waals surface area contributed by atoms with Gasteiger partial charge >= 0.3 is 0 Å². The fourth-order valence-electron chi connectivity index (χ4n) is 4.55. The van der Waals surface area contributed by atoms with Gasteiger partial charge in [-0.15, -0.1) is 0 Å². The molecule has 180 valence electrons. The van der Waals surface area contributed by atoms with Crippen molar-refractivity contribution in [3.8, 4) is 5.75 Å². The summed E-state index contributed by atoms with van der Waals surface area (Å²) in [7, 11) is 1.56. The van der Waals surface area contributed by atoms with Crippen molar-refractivity contribution >= 4 is 28.8 Å². The summed E-state index contributed by atoms with van der Waals surface area (Å²) in [4.78, 5) is 30.3. The van der Waals surface area contributed by atoms with E-state index in [-0.39, 0.29) is 11.3 Å². The molecule has 1 heterocycles. The summed E-state index contributed by atoms with van der Waals surface area (Å²) < 4.78 is 5.21. The van der Waals surface area contributed by atoms with E-state index in [0.29, 0.717) is 17.0 Å². The molecule has 3 aromatic rings. The zero-order valence-corrected chi connectivity index (χ0v) is 20.5. The highest BCUT2D eigenvalue weighted by Gasteiger charge is 2.47. The minimum Gasteiger partial charge on any atom is -0.507 e. The molecule has 0 spiro atoms. The van der Waals surface area contributed by atoms with E-state index in [4.69, 9.17) is 4.74 Å². The van der Waals surface area contributed by atoms with Crippen LogP contribution >= 0.6 is 0 Å². The molecule has 1 aliphatic heterocycles. The number of aliphatic hydroxyl groups is 1. The van der Waals surface area contributed by atoms with Crippen LogP contribution in [0.15, 0.2) is 78.4 Å². The first kappa shape index (κ1) is 24.1. The predicted octanol–water partition coefficient (Wildman–Crippen LogP) is 5.48. The first-order chi connectivity index (χ1) is 16.9. The average Bonchev–Trinajstić information content (AvgIpc) is 3.15. The van der Waals surface area contributed by atoms with Crippen LogP contribution in [0.5, 0.6) is 5.75 Å². The molecule has 3 aromatic carbocycles. The molecular weight excluding hydrogens is 440 g/mol. The number of ether oxygens (including phenoxy) is 1. The molecule has 1 unspecified atom stereocenters. The molecule has 0 aliphatic carbocycles. The Morgan fingerprint density at radius 3 is 2.20 bits per heavy atom. The maximum atomic E-state index is 13.3. The number of anilines is 2. The standard InChI is InChI=1S/C29H30N2O4/c1-5-30(6-2)22-14-10-20(11-15-22)26-25(27(32)21-12-16-24(35-4)17-13-21)28(33)29(34)31(26)23-9-7-8-19(3)18-23/h7-18,26,32H,5-6H2,1-4H3/b27-25+. The van der Waals surface area contributed by atoms with Crippen molar-refractivity contribution in [3.63, 3.8) is 0 Å². The second-order valence-electron chi connectivity index (χ2n) is 8.50. The molecule has 1 aliphatic rings. The lowest BCUT2D eigenvalue weighted by molar-refractivity contribution is -0.132. The zero-order chi connectivity index (χ0) is 25.1. The zero-order valence-electron chi connectivity index (χ0n) is 20.5. The van der Waals surface area contributed by atoms with E-state index in [1.54, 1.807) is 31.4 Å². The lowest BCUT2D eigenvalue weighted by atomic mass is 9.94. The third-order valence-corrected chi connectivity index (χ3v) is 6.43. The summed E-state index contributed by atoms with van der Waals surface area (Å²) in [6.07, 6.45) is 0. The average molecular weight is 471 g/mol. The number of hydrogen-bond donors (Lipinski definition) is 1. The van der Waals surface area contributed by atoms with E-state index < -0.39 is 17.7 Å². The fourth-order valence-corrected chi connectivity index (χ4v) is 4.55. The molecule has 1 saturated heterocycles. The van der Waals surface area contributed by atoms with Gasteiger partial charge in [0.1, 0.15) is 11.5 Å². The van der Waals surface area contributed by atoms with Crippen molar-refractivity contribution in [2.24, 2.45) is 0 Å². The van der Waals surface area contributed by atoms with Crippen LogP contribution in [0.4, 0.5) is 11.4 Å². The summed E-state index contributed by atoms with van der Waals surface area (Å²) in [5.74, 6) is -0.953. The molecule has 1 fully saturated rings. The van der Waals surface area contributed by atoms with E-state index in [1.807, 2.05) is 55.5 Å². The topological polar surface area (TPSA) is 70.1 Å². The summed E-state index contributed by atoms with van der Waals surface area (Å²) in [5.41, 5.74) is 3.89. The van der Waals surface area contributed by atoms with Crippen molar-refractivity contribution in [2.45, 2.75) is 26.8 Å². The third kappa shape index (κ3) is 4.52.